The third-order valence-corrected chi connectivity index (χ3v) is 1.93. The highest BCUT2D eigenvalue weighted by molar-refractivity contribution is 5.94. The van der Waals surface area contributed by atoms with E-state index in [1.807, 2.05) is 0 Å². The summed E-state index contributed by atoms with van der Waals surface area (Å²) >= 11 is 0. The van der Waals surface area contributed by atoms with Crippen molar-refractivity contribution < 1.29 is 36.2 Å². The van der Waals surface area contributed by atoms with E-state index < -0.39 is 41.8 Å². The number of pyridine rings is 1. The summed E-state index contributed by atoms with van der Waals surface area (Å²) in [6.45, 7) is -0.323. The van der Waals surface area contributed by atoms with E-state index in [1.54, 1.807) is 0 Å². The van der Waals surface area contributed by atoms with Crippen molar-refractivity contribution in [2.75, 3.05) is 6.61 Å². The molecule has 1 aromatic rings. The maximum Gasteiger partial charge on any atom is 0.573 e. The van der Waals surface area contributed by atoms with Crippen molar-refractivity contribution in [3.8, 4) is 5.75 Å². The Morgan fingerprint density at radius 3 is 2.53 bits per heavy atom. The number of carbonyl (C=O) groups excluding carboxylic acids is 1. The number of carbonyl (C=O) groups is 1. The molecule has 0 bridgehead atoms. The number of ether oxygens (including phenoxy) is 2. The average molecular weight is 285 g/mol. The van der Waals surface area contributed by atoms with E-state index in [0.29, 0.717) is 6.20 Å². The van der Waals surface area contributed by atoms with E-state index in [-0.39, 0.29) is 6.61 Å². The molecule has 1 rings (SSSR count). The molecule has 0 radical (unpaired) electrons. The lowest BCUT2D eigenvalue weighted by atomic mass is 10.1. The van der Waals surface area contributed by atoms with Gasteiger partial charge in [0.1, 0.15) is 12.2 Å². The van der Waals surface area contributed by atoms with E-state index in [0.717, 1.165) is 0 Å². The lowest BCUT2D eigenvalue weighted by Gasteiger charge is -2.14. The highest BCUT2D eigenvalue weighted by Gasteiger charge is 2.35. The Bertz CT molecular complexity index is 475. The molecule has 0 saturated carbocycles. The Kier molecular flexibility index (Phi) is 4.62. The number of nitrogens with zero attached hydrogens (tertiary/aromatic N) is 1. The highest BCUT2D eigenvalue weighted by Crippen LogP contribution is 2.30. The van der Waals surface area contributed by atoms with Crippen LogP contribution in [0, 0.1) is 5.95 Å². The molecule has 106 valence electrons. The summed E-state index contributed by atoms with van der Waals surface area (Å²) < 4.78 is 70.1. The van der Waals surface area contributed by atoms with E-state index in [9.17, 15) is 26.7 Å². The minimum atomic E-state index is -5.13. The number of esters is 1. The molecule has 1 aromatic heterocycles. The quantitative estimate of drug-likeness (QED) is 0.485. The van der Waals surface area contributed by atoms with Gasteiger partial charge < -0.3 is 9.47 Å². The molecule has 1 heterocycles. The first-order chi connectivity index (χ1) is 8.80. The number of rotatable bonds is 4. The second kappa shape index (κ2) is 5.81. The van der Waals surface area contributed by atoms with E-state index in [1.165, 1.54) is 6.92 Å². The summed E-state index contributed by atoms with van der Waals surface area (Å²) in [5.74, 6) is -3.84. The predicted octanol–water partition coefficient (Wildman–Crippen LogP) is 2.77. The summed E-state index contributed by atoms with van der Waals surface area (Å²) in [6.07, 6.45) is -4.79. The van der Waals surface area contributed by atoms with Gasteiger partial charge >= 0.3 is 12.3 Å². The van der Waals surface area contributed by atoms with Crippen molar-refractivity contribution in [3.63, 3.8) is 0 Å². The van der Waals surface area contributed by atoms with Gasteiger partial charge in [-0.3, -0.25) is 0 Å². The second-order valence-corrected chi connectivity index (χ2v) is 3.17. The third-order valence-electron chi connectivity index (χ3n) is 1.93. The predicted molar refractivity (Wildman–Crippen MR) is 51.6 cm³/mol. The molecule has 19 heavy (non-hydrogen) atoms. The SMILES string of the molecule is CCOC(=O)c1c(OC(F)(F)F)cnc(F)c1CF. The molecule has 4 nitrogen and oxygen atoms in total. The molecule has 0 atom stereocenters. The van der Waals surface area contributed by atoms with Gasteiger partial charge in [-0.2, -0.15) is 4.39 Å². The number of hydrogen-bond acceptors (Lipinski definition) is 4. The Morgan fingerprint density at radius 1 is 1.42 bits per heavy atom. The zero-order chi connectivity index (χ0) is 14.6. The molecule has 9 heteroatoms. The van der Waals surface area contributed by atoms with Gasteiger partial charge in [-0.15, -0.1) is 13.2 Å². The van der Waals surface area contributed by atoms with Crippen LogP contribution in [0.1, 0.15) is 22.8 Å². The van der Waals surface area contributed by atoms with E-state index >= 15 is 0 Å². The number of halogens is 5. The van der Waals surface area contributed by atoms with Crippen molar-refractivity contribution in [1.82, 2.24) is 4.98 Å². The van der Waals surface area contributed by atoms with E-state index in [2.05, 4.69) is 14.5 Å². The second-order valence-electron chi connectivity index (χ2n) is 3.17. The fourth-order valence-corrected chi connectivity index (χ4v) is 1.26. The smallest absolute Gasteiger partial charge is 0.462 e. The first kappa shape index (κ1) is 15.1. The van der Waals surface area contributed by atoms with Crippen molar-refractivity contribution in [1.29, 1.82) is 0 Å². The Morgan fingerprint density at radius 2 is 2.05 bits per heavy atom. The summed E-state index contributed by atoms with van der Waals surface area (Å²) in [5.41, 5.74) is -1.91. The van der Waals surface area contributed by atoms with Crippen LogP contribution >= 0.6 is 0 Å². The standard InChI is InChI=1S/C10H8F5NO3/c1-2-18-9(17)7-5(3-11)8(12)16-4-6(7)19-10(13,14)15/h4H,2-3H2,1H3. The van der Waals surface area contributed by atoms with Gasteiger partial charge in [0, 0.05) is 0 Å². The van der Waals surface area contributed by atoms with Gasteiger partial charge in [-0.1, -0.05) is 0 Å². The summed E-state index contributed by atoms with van der Waals surface area (Å²) in [4.78, 5) is 14.4. The Labute approximate surface area is 104 Å². The number of alkyl halides is 4. The summed E-state index contributed by atoms with van der Waals surface area (Å²) in [6, 6.07) is 0. The third kappa shape index (κ3) is 3.76. The Balaban J connectivity index is 3.34. The monoisotopic (exact) mass is 285 g/mol. The van der Waals surface area contributed by atoms with Gasteiger partial charge in [0.05, 0.1) is 18.4 Å². The molecule has 0 aliphatic heterocycles. The first-order valence-corrected chi connectivity index (χ1v) is 4.96. The summed E-state index contributed by atoms with van der Waals surface area (Å²) in [5, 5.41) is 0. The van der Waals surface area contributed by atoms with Gasteiger partial charge in [-0.25, -0.2) is 14.2 Å². The summed E-state index contributed by atoms with van der Waals surface area (Å²) in [7, 11) is 0. The Hall–Kier alpha value is -1.93. The topological polar surface area (TPSA) is 48.4 Å². The van der Waals surface area contributed by atoms with Crippen LogP contribution in [0.5, 0.6) is 5.75 Å². The maximum atomic E-state index is 13.2. The molecule has 0 aromatic carbocycles. The van der Waals surface area contributed by atoms with Crippen LogP contribution in [-0.2, 0) is 11.4 Å². The largest absolute Gasteiger partial charge is 0.573 e. The zero-order valence-electron chi connectivity index (χ0n) is 9.55. The van der Waals surface area contributed by atoms with Crippen LogP contribution in [0.15, 0.2) is 6.20 Å². The molecule has 0 fully saturated rings. The lowest BCUT2D eigenvalue weighted by Crippen LogP contribution is -2.21. The maximum absolute atomic E-state index is 13.2. The fourth-order valence-electron chi connectivity index (χ4n) is 1.26. The van der Waals surface area contributed by atoms with Crippen LogP contribution in [0.4, 0.5) is 22.0 Å². The van der Waals surface area contributed by atoms with Crippen molar-refractivity contribution in [2.45, 2.75) is 20.0 Å². The number of hydrogen-bond donors (Lipinski definition) is 0. The first-order valence-electron chi connectivity index (χ1n) is 4.96. The molecule has 0 aliphatic rings. The molecular formula is C10H8F5NO3. The molecule has 0 amide bonds. The molecular weight excluding hydrogens is 277 g/mol. The zero-order valence-corrected chi connectivity index (χ0v) is 9.55. The normalized spacial score (nSPS) is 11.3. The van der Waals surface area contributed by atoms with Crippen molar-refractivity contribution in [2.24, 2.45) is 0 Å². The van der Waals surface area contributed by atoms with Crippen LogP contribution in [0.2, 0.25) is 0 Å². The molecule has 0 unspecified atom stereocenters. The van der Waals surface area contributed by atoms with Gasteiger partial charge in [0.15, 0.2) is 5.75 Å². The average Bonchev–Trinajstić information content (AvgIpc) is 2.29. The van der Waals surface area contributed by atoms with Crippen LogP contribution in [0.3, 0.4) is 0 Å². The van der Waals surface area contributed by atoms with Gasteiger partial charge in [0.2, 0.25) is 5.95 Å². The minimum Gasteiger partial charge on any atom is -0.462 e. The molecule has 0 saturated heterocycles. The van der Waals surface area contributed by atoms with Crippen molar-refractivity contribution in [3.05, 3.63) is 23.3 Å². The highest BCUT2D eigenvalue weighted by atomic mass is 19.4. The molecule has 0 N–H and O–H groups in total. The molecule has 0 spiro atoms. The van der Waals surface area contributed by atoms with Crippen LogP contribution in [0.25, 0.3) is 0 Å². The fraction of sp³-hybridized carbons (Fsp3) is 0.400. The van der Waals surface area contributed by atoms with E-state index in [4.69, 9.17) is 0 Å². The van der Waals surface area contributed by atoms with Crippen molar-refractivity contribution >= 4 is 5.97 Å². The molecule has 0 aliphatic carbocycles. The van der Waals surface area contributed by atoms with Crippen LogP contribution in [-0.4, -0.2) is 23.9 Å². The lowest BCUT2D eigenvalue weighted by molar-refractivity contribution is -0.274. The van der Waals surface area contributed by atoms with Gasteiger partial charge in [-0.05, 0) is 6.92 Å². The number of aromatic nitrogens is 1. The van der Waals surface area contributed by atoms with Crippen LogP contribution < -0.4 is 4.74 Å². The minimum absolute atomic E-state index is 0.181. The van der Waals surface area contributed by atoms with Gasteiger partial charge in [0.25, 0.3) is 0 Å².